The maximum Gasteiger partial charge on any atom is 0.534 e. The van der Waals surface area contributed by atoms with E-state index in [9.17, 15) is 36.3 Å². The van der Waals surface area contributed by atoms with Crippen LogP contribution in [0.1, 0.15) is 20.7 Å². The molecule has 3 aromatic carbocycles. The summed E-state index contributed by atoms with van der Waals surface area (Å²) in [5.74, 6) is -3.46. The molecule has 0 atom stereocenters. The first-order chi connectivity index (χ1) is 15.9. The summed E-state index contributed by atoms with van der Waals surface area (Å²) in [7, 11) is -6.07. The van der Waals surface area contributed by atoms with Crippen molar-refractivity contribution in [2.75, 3.05) is 0 Å². The molecule has 0 spiro atoms. The number of nitrogens with one attached hydrogen (secondary N) is 1. The van der Waals surface area contributed by atoms with Gasteiger partial charge in [-0.2, -0.15) is 21.6 Å². The third kappa shape index (κ3) is 3.17. The van der Waals surface area contributed by atoms with E-state index in [1.807, 2.05) is 0 Å². The molecule has 2 amide bonds. The van der Waals surface area contributed by atoms with Crippen LogP contribution in [0.5, 0.6) is 11.5 Å². The molecule has 4 aromatic rings. The van der Waals surface area contributed by atoms with Gasteiger partial charge in [-0.3, -0.25) is 14.9 Å². The van der Waals surface area contributed by atoms with E-state index >= 15 is 0 Å². The van der Waals surface area contributed by atoms with Crippen LogP contribution >= 0.6 is 11.6 Å². The molecular formula is C21H9ClF3NO7S. The number of hydrogen-bond acceptors (Lipinski definition) is 7. The highest BCUT2D eigenvalue weighted by molar-refractivity contribution is 7.88. The number of imide groups is 1. The molecular weight excluding hydrogens is 503 g/mol. The van der Waals surface area contributed by atoms with Crippen molar-refractivity contribution in [1.82, 2.24) is 5.32 Å². The van der Waals surface area contributed by atoms with Gasteiger partial charge in [0.05, 0.1) is 11.1 Å². The molecule has 0 unspecified atom stereocenters. The number of halogens is 4. The Morgan fingerprint density at radius 2 is 1.65 bits per heavy atom. The molecule has 34 heavy (non-hydrogen) atoms. The van der Waals surface area contributed by atoms with Gasteiger partial charge in [0.1, 0.15) is 11.2 Å². The summed E-state index contributed by atoms with van der Waals surface area (Å²) in [4.78, 5) is 25.3. The van der Waals surface area contributed by atoms with Gasteiger partial charge in [0.15, 0.2) is 11.5 Å². The molecule has 0 bridgehead atoms. The summed E-state index contributed by atoms with van der Waals surface area (Å²) in [5.41, 5.74) is -5.33. The standard InChI is InChI=1S/C21H9ClF3NO7S/c22-11-4-2-1-3-8(11)9-6-15-16(18-17(9)19(28)26-20(18)29)10-5-12(27)14(7-13(10)32-15)33-34(30,31)21(23,24)25/h1-7,27H,(H,26,28,29). The van der Waals surface area contributed by atoms with Crippen LogP contribution in [-0.2, 0) is 10.1 Å². The Kier molecular flexibility index (Phi) is 4.61. The molecule has 0 fully saturated rings. The van der Waals surface area contributed by atoms with E-state index < -0.39 is 38.9 Å². The molecule has 1 aliphatic heterocycles. The summed E-state index contributed by atoms with van der Waals surface area (Å²) in [6.07, 6.45) is 0. The zero-order chi connectivity index (χ0) is 24.6. The quantitative estimate of drug-likeness (QED) is 0.232. The van der Waals surface area contributed by atoms with E-state index in [0.29, 0.717) is 5.56 Å². The number of hydrogen-bond donors (Lipinski definition) is 2. The summed E-state index contributed by atoms with van der Waals surface area (Å²) in [6, 6.07) is 9.55. The minimum absolute atomic E-state index is 0.00670. The normalized spacial score (nSPS) is 14.0. The monoisotopic (exact) mass is 511 g/mol. The molecule has 0 aliphatic carbocycles. The number of rotatable bonds is 3. The minimum atomic E-state index is -6.07. The Balaban J connectivity index is 1.81. The maximum absolute atomic E-state index is 12.7. The second-order valence-electron chi connectivity index (χ2n) is 7.21. The first-order valence-corrected chi connectivity index (χ1v) is 11.0. The molecule has 0 radical (unpaired) electrons. The molecule has 1 aliphatic rings. The third-order valence-corrected chi connectivity index (χ3v) is 6.47. The van der Waals surface area contributed by atoms with Gasteiger partial charge in [0, 0.05) is 33.0 Å². The highest BCUT2D eigenvalue weighted by Crippen LogP contribution is 2.44. The van der Waals surface area contributed by atoms with Crippen molar-refractivity contribution in [3.8, 4) is 22.6 Å². The van der Waals surface area contributed by atoms with Crippen LogP contribution in [0, 0.1) is 0 Å². The van der Waals surface area contributed by atoms with Gasteiger partial charge in [-0.05, 0) is 18.2 Å². The van der Waals surface area contributed by atoms with E-state index in [1.54, 1.807) is 24.3 Å². The van der Waals surface area contributed by atoms with Gasteiger partial charge < -0.3 is 13.7 Å². The van der Waals surface area contributed by atoms with Crippen LogP contribution in [0.2, 0.25) is 5.02 Å². The lowest BCUT2D eigenvalue weighted by molar-refractivity contribution is -0.0500. The Hall–Kier alpha value is -3.77. The highest BCUT2D eigenvalue weighted by Gasteiger charge is 2.49. The van der Waals surface area contributed by atoms with Crippen molar-refractivity contribution >= 4 is 55.5 Å². The van der Waals surface area contributed by atoms with Crippen LogP contribution in [0.4, 0.5) is 13.2 Å². The van der Waals surface area contributed by atoms with Crippen LogP contribution in [-0.4, -0.2) is 30.8 Å². The Morgan fingerprint density at radius 3 is 2.32 bits per heavy atom. The minimum Gasteiger partial charge on any atom is -0.504 e. The number of phenolic OH excluding ortho intramolecular Hbond substituents is 1. The first kappa shape index (κ1) is 22.0. The van der Waals surface area contributed by atoms with Crippen molar-refractivity contribution in [2.24, 2.45) is 0 Å². The molecule has 8 nitrogen and oxygen atoms in total. The van der Waals surface area contributed by atoms with Crippen LogP contribution in [0.15, 0.2) is 46.9 Å². The van der Waals surface area contributed by atoms with E-state index in [4.69, 9.17) is 16.0 Å². The Morgan fingerprint density at radius 1 is 0.971 bits per heavy atom. The number of aromatic hydroxyl groups is 1. The molecule has 5 rings (SSSR count). The zero-order valence-corrected chi connectivity index (χ0v) is 17.9. The second kappa shape index (κ2) is 7.11. The molecule has 2 N–H and O–H groups in total. The van der Waals surface area contributed by atoms with Gasteiger partial charge in [-0.25, -0.2) is 0 Å². The van der Waals surface area contributed by atoms with E-state index in [-0.39, 0.29) is 43.7 Å². The number of fused-ring (bicyclic) bond motifs is 5. The van der Waals surface area contributed by atoms with E-state index in [0.717, 1.165) is 12.1 Å². The van der Waals surface area contributed by atoms with E-state index in [1.165, 1.54) is 6.07 Å². The van der Waals surface area contributed by atoms with Crippen molar-refractivity contribution in [2.45, 2.75) is 5.51 Å². The van der Waals surface area contributed by atoms with Crippen LogP contribution < -0.4 is 9.50 Å². The van der Waals surface area contributed by atoms with Gasteiger partial charge in [-0.1, -0.05) is 29.8 Å². The molecule has 1 aromatic heterocycles. The van der Waals surface area contributed by atoms with Crippen molar-refractivity contribution in [3.63, 3.8) is 0 Å². The smallest absolute Gasteiger partial charge is 0.504 e. The number of alkyl halides is 3. The van der Waals surface area contributed by atoms with Crippen LogP contribution in [0.3, 0.4) is 0 Å². The van der Waals surface area contributed by atoms with E-state index in [2.05, 4.69) is 9.50 Å². The average molecular weight is 512 g/mol. The third-order valence-electron chi connectivity index (χ3n) is 5.17. The lowest BCUT2D eigenvalue weighted by atomic mass is 9.93. The summed E-state index contributed by atoms with van der Waals surface area (Å²) < 4.78 is 70.5. The topological polar surface area (TPSA) is 123 Å². The van der Waals surface area contributed by atoms with Gasteiger partial charge in [0.25, 0.3) is 11.8 Å². The van der Waals surface area contributed by atoms with Crippen molar-refractivity contribution in [3.05, 3.63) is 58.6 Å². The summed E-state index contributed by atoms with van der Waals surface area (Å²) >= 11 is 6.27. The number of phenols is 1. The lowest BCUT2D eigenvalue weighted by Crippen LogP contribution is -2.28. The predicted molar refractivity (Wildman–Crippen MR) is 113 cm³/mol. The van der Waals surface area contributed by atoms with Crippen LogP contribution in [0.25, 0.3) is 33.1 Å². The summed E-state index contributed by atoms with van der Waals surface area (Å²) in [5, 5.41) is 12.7. The molecule has 2 heterocycles. The average Bonchev–Trinajstić information content (AvgIpc) is 3.23. The number of furan rings is 1. The Bertz CT molecular complexity index is 1680. The molecule has 0 saturated carbocycles. The fraction of sp³-hybridized carbons (Fsp3) is 0.0476. The number of carbonyl (C=O) groups is 2. The fourth-order valence-corrected chi connectivity index (χ4v) is 4.47. The maximum atomic E-state index is 12.7. The van der Waals surface area contributed by atoms with Gasteiger partial charge in [0.2, 0.25) is 0 Å². The number of benzene rings is 3. The largest absolute Gasteiger partial charge is 0.534 e. The van der Waals surface area contributed by atoms with Crippen molar-refractivity contribution < 1.29 is 44.9 Å². The lowest BCUT2D eigenvalue weighted by Gasteiger charge is -2.10. The molecule has 174 valence electrons. The fourth-order valence-electron chi connectivity index (χ4n) is 3.77. The highest BCUT2D eigenvalue weighted by atomic mass is 35.5. The zero-order valence-electron chi connectivity index (χ0n) is 16.4. The number of carbonyl (C=O) groups excluding carboxylic acids is 2. The SMILES string of the molecule is O=C1NC(=O)c2c1c(-c1ccccc1Cl)cc1oc3cc(OS(=O)(=O)C(F)(F)F)c(O)cc3c21. The number of amides is 2. The molecule has 13 heteroatoms. The first-order valence-electron chi connectivity index (χ1n) is 9.26. The van der Waals surface area contributed by atoms with Crippen molar-refractivity contribution in [1.29, 1.82) is 0 Å². The van der Waals surface area contributed by atoms with Gasteiger partial charge in [-0.15, -0.1) is 0 Å². The second-order valence-corrected chi connectivity index (χ2v) is 9.16. The Labute approximate surface area is 192 Å². The molecule has 0 saturated heterocycles. The predicted octanol–water partition coefficient (Wildman–Crippen LogP) is 4.72. The summed E-state index contributed by atoms with van der Waals surface area (Å²) in [6.45, 7) is 0. The van der Waals surface area contributed by atoms with Gasteiger partial charge >= 0.3 is 15.6 Å².